The number of fused-ring (bicyclic) bond motifs is 1. The highest BCUT2D eigenvalue weighted by molar-refractivity contribution is 5.92. The molecule has 1 aliphatic heterocycles. The van der Waals surface area contributed by atoms with Crippen molar-refractivity contribution in [3.63, 3.8) is 0 Å². The maximum atomic E-state index is 11.6. The molecular weight excluding hydrogens is 248 g/mol. The van der Waals surface area contributed by atoms with Gasteiger partial charge >= 0.3 is 0 Å². The van der Waals surface area contributed by atoms with Crippen molar-refractivity contribution in [2.24, 2.45) is 5.92 Å². The van der Waals surface area contributed by atoms with Gasteiger partial charge in [0.2, 0.25) is 5.91 Å². The van der Waals surface area contributed by atoms with E-state index in [4.69, 9.17) is 0 Å². The molecule has 3 heteroatoms. The second-order valence-corrected chi connectivity index (χ2v) is 5.91. The summed E-state index contributed by atoms with van der Waals surface area (Å²) in [6.07, 6.45) is 4.92. The van der Waals surface area contributed by atoms with Crippen molar-refractivity contribution in [3.05, 3.63) is 29.3 Å². The van der Waals surface area contributed by atoms with Gasteiger partial charge in [-0.2, -0.15) is 0 Å². The van der Waals surface area contributed by atoms with Gasteiger partial charge in [-0.3, -0.25) is 4.79 Å². The third-order valence-corrected chi connectivity index (χ3v) is 4.34. The van der Waals surface area contributed by atoms with Crippen molar-refractivity contribution in [2.75, 3.05) is 12.4 Å². The first-order valence-electron chi connectivity index (χ1n) is 7.74. The number of hydrogen-bond donors (Lipinski definition) is 2. The zero-order valence-electron chi connectivity index (χ0n) is 12.8. The molecule has 110 valence electrons. The second kappa shape index (κ2) is 6.89. The molecule has 3 nitrogen and oxygen atoms in total. The van der Waals surface area contributed by atoms with Crippen LogP contribution in [0.1, 0.15) is 56.7 Å². The lowest BCUT2D eigenvalue weighted by Gasteiger charge is -2.21. The molecule has 0 bridgehead atoms. The Labute approximate surface area is 122 Å². The molecule has 0 radical (unpaired) electrons. The van der Waals surface area contributed by atoms with Gasteiger partial charge in [0.1, 0.15) is 0 Å². The van der Waals surface area contributed by atoms with E-state index < -0.39 is 0 Å². The van der Waals surface area contributed by atoms with Crippen LogP contribution in [0.25, 0.3) is 0 Å². The Kier molecular flexibility index (Phi) is 5.18. The van der Waals surface area contributed by atoms with Gasteiger partial charge in [0.15, 0.2) is 0 Å². The Morgan fingerprint density at radius 2 is 2.15 bits per heavy atom. The van der Waals surface area contributed by atoms with E-state index in [0.717, 1.165) is 24.9 Å². The van der Waals surface area contributed by atoms with Crippen LogP contribution < -0.4 is 10.6 Å². The summed E-state index contributed by atoms with van der Waals surface area (Å²) in [5.41, 5.74) is 3.61. The molecule has 2 rings (SSSR count). The van der Waals surface area contributed by atoms with Crippen LogP contribution in [0.3, 0.4) is 0 Å². The third-order valence-electron chi connectivity index (χ3n) is 4.34. The highest BCUT2D eigenvalue weighted by Gasteiger charge is 2.17. The van der Waals surface area contributed by atoms with Gasteiger partial charge in [0.25, 0.3) is 0 Å². The Morgan fingerprint density at radius 3 is 2.85 bits per heavy atom. The van der Waals surface area contributed by atoms with Crippen molar-refractivity contribution in [3.8, 4) is 0 Å². The Morgan fingerprint density at radius 1 is 1.35 bits per heavy atom. The van der Waals surface area contributed by atoms with Crippen molar-refractivity contribution < 1.29 is 4.79 Å². The average Bonchev–Trinajstić information content (AvgIpc) is 2.64. The van der Waals surface area contributed by atoms with E-state index in [1.807, 2.05) is 7.05 Å². The molecule has 1 amide bonds. The third kappa shape index (κ3) is 3.60. The highest BCUT2D eigenvalue weighted by atomic mass is 16.1. The summed E-state index contributed by atoms with van der Waals surface area (Å²) in [6.45, 7) is 4.54. The van der Waals surface area contributed by atoms with Crippen LogP contribution in [0, 0.1) is 5.92 Å². The molecule has 1 aliphatic rings. The zero-order valence-corrected chi connectivity index (χ0v) is 12.8. The molecule has 1 aromatic rings. The smallest absolute Gasteiger partial charge is 0.224 e. The fourth-order valence-corrected chi connectivity index (χ4v) is 2.80. The SMILES string of the molecule is CCC(C)CC(NC)c1ccc2c(c1)CCCC(=O)N2. The maximum absolute atomic E-state index is 11.6. The molecule has 0 fully saturated rings. The average molecular weight is 274 g/mol. The minimum Gasteiger partial charge on any atom is -0.326 e. The van der Waals surface area contributed by atoms with Gasteiger partial charge in [-0.05, 0) is 49.4 Å². The van der Waals surface area contributed by atoms with E-state index in [9.17, 15) is 4.79 Å². The van der Waals surface area contributed by atoms with E-state index >= 15 is 0 Å². The van der Waals surface area contributed by atoms with Crippen molar-refractivity contribution in [2.45, 2.75) is 52.0 Å². The number of anilines is 1. The molecule has 0 aromatic heterocycles. The molecule has 1 aromatic carbocycles. The van der Waals surface area contributed by atoms with Crippen LogP contribution >= 0.6 is 0 Å². The van der Waals surface area contributed by atoms with Crippen molar-refractivity contribution in [1.82, 2.24) is 5.32 Å². The number of hydrogen-bond acceptors (Lipinski definition) is 2. The summed E-state index contributed by atoms with van der Waals surface area (Å²) in [6, 6.07) is 6.88. The van der Waals surface area contributed by atoms with Gasteiger partial charge in [0.05, 0.1) is 0 Å². The maximum Gasteiger partial charge on any atom is 0.224 e. The predicted molar refractivity (Wildman–Crippen MR) is 83.9 cm³/mol. The first-order chi connectivity index (χ1) is 9.63. The Hall–Kier alpha value is -1.35. The lowest BCUT2D eigenvalue weighted by atomic mass is 9.92. The number of nitrogens with one attached hydrogen (secondary N) is 2. The normalized spacial score (nSPS) is 17.9. The van der Waals surface area contributed by atoms with Crippen LogP contribution in [0.4, 0.5) is 5.69 Å². The van der Waals surface area contributed by atoms with Crippen LogP contribution in [0.15, 0.2) is 18.2 Å². The van der Waals surface area contributed by atoms with E-state index in [-0.39, 0.29) is 5.91 Å². The van der Waals surface area contributed by atoms with Crippen LogP contribution in [0.2, 0.25) is 0 Å². The van der Waals surface area contributed by atoms with E-state index in [0.29, 0.717) is 18.4 Å². The summed E-state index contributed by atoms with van der Waals surface area (Å²) in [5, 5.41) is 6.43. The fraction of sp³-hybridized carbons (Fsp3) is 0.588. The minimum atomic E-state index is 0.140. The Balaban J connectivity index is 2.20. The largest absolute Gasteiger partial charge is 0.326 e. The number of rotatable bonds is 5. The summed E-state index contributed by atoms with van der Waals surface area (Å²) < 4.78 is 0. The molecule has 0 saturated heterocycles. The van der Waals surface area contributed by atoms with E-state index in [1.165, 1.54) is 17.5 Å². The van der Waals surface area contributed by atoms with Gasteiger partial charge in [0, 0.05) is 18.2 Å². The van der Waals surface area contributed by atoms with Gasteiger partial charge in [-0.15, -0.1) is 0 Å². The minimum absolute atomic E-state index is 0.140. The van der Waals surface area contributed by atoms with E-state index in [1.54, 1.807) is 0 Å². The van der Waals surface area contributed by atoms with Gasteiger partial charge in [-0.25, -0.2) is 0 Å². The molecule has 2 unspecified atom stereocenters. The van der Waals surface area contributed by atoms with Gasteiger partial charge < -0.3 is 10.6 Å². The van der Waals surface area contributed by atoms with Crippen molar-refractivity contribution >= 4 is 11.6 Å². The molecule has 2 N–H and O–H groups in total. The summed E-state index contributed by atoms with van der Waals surface area (Å²) in [7, 11) is 2.03. The predicted octanol–water partition coefficient (Wildman–Crippen LogP) is 3.66. The highest BCUT2D eigenvalue weighted by Crippen LogP contribution is 2.28. The van der Waals surface area contributed by atoms with E-state index in [2.05, 4.69) is 42.7 Å². The molecule has 0 aliphatic carbocycles. The zero-order chi connectivity index (χ0) is 14.5. The number of carbonyl (C=O) groups excluding carboxylic acids is 1. The Bertz CT molecular complexity index is 470. The lowest BCUT2D eigenvalue weighted by Crippen LogP contribution is -2.19. The first-order valence-corrected chi connectivity index (χ1v) is 7.74. The molecule has 1 heterocycles. The number of aryl methyl sites for hydroxylation is 1. The van der Waals surface area contributed by atoms with Gasteiger partial charge in [-0.1, -0.05) is 32.4 Å². The standard InChI is InChI=1S/C17H26N2O/c1-4-12(2)10-16(18-3)14-8-9-15-13(11-14)6-5-7-17(20)19-15/h8-9,11-12,16,18H,4-7,10H2,1-3H3,(H,19,20). The summed E-state index contributed by atoms with van der Waals surface area (Å²) in [4.78, 5) is 11.6. The molecule has 0 spiro atoms. The monoisotopic (exact) mass is 274 g/mol. The lowest BCUT2D eigenvalue weighted by molar-refractivity contribution is -0.116. The van der Waals surface area contributed by atoms with Crippen molar-refractivity contribution in [1.29, 1.82) is 0 Å². The molecular formula is C17H26N2O. The van der Waals surface area contributed by atoms with Crippen LogP contribution in [0.5, 0.6) is 0 Å². The number of amides is 1. The summed E-state index contributed by atoms with van der Waals surface area (Å²) in [5.74, 6) is 0.854. The second-order valence-electron chi connectivity index (χ2n) is 5.91. The summed E-state index contributed by atoms with van der Waals surface area (Å²) >= 11 is 0. The first kappa shape index (κ1) is 15.0. The van der Waals surface area contributed by atoms with Crippen LogP contribution in [-0.2, 0) is 11.2 Å². The van der Waals surface area contributed by atoms with Crippen LogP contribution in [-0.4, -0.2) is 13.0 Å². The topological polar surface area (TPSA) is 41.1 Å². The quantitative estimate of drug-likeness (QED) is 0.860. The number of carbonyl (C=O) groups is 1. The molecule has 2 atom stereocenters. The fourth-order valence-electron chi connectivity index (χ4n) is 2.80. The molecule has 20 heavy (non-hydrogen) atoms. The number of benzene rings is 1. The molecule has 0 saturated carbocycles.